The minimum absolute atomic E-state index is 0.282. The van der Waals surface area contributed by atoms with Crippen molar-refractivity contribution >= 4 is 25.0 Å². The van der Waals surface area contributed by atoms with Gasteiger partial charge in [-0.3, -0.25) is 4.57 Å². The van der Waals surface area contributed by atoms with Gasteiger partial charge >= 0.3 is 7.60 Å². The van der Waals surface area contributed by atoms with Crippen molar-refractivity contribution in [2.75, 3.05) is 6.35 Å². The van der Waals surface area contributed by atoms with Gasteiger partial charge in [-0.1, -0.05) is 17.2 Å². The van der Waals surface area contributed by atoms with Crippen molar-refractivity contribution in [3.63, 3.8) is 0 Å². The van der Waals surface area contributed by atoms with E-state index in [2.05, 4.69) is 39.0 Å². The quantitative estimate of drug-likeness (QED) is 0.379. The van der Waals surface area contributed by atoms with Crippen LogP contribution >= 0.6 is 18.9 Å². The van der Waals surface area contributed by atoms with Crippen molar-refractivity contribution in [3.05, 3.63) is 38.6 Å². The van der Waals surface area contributed by atoms with Crippen LogP contribution in [0.25, 0.3) is 6.08 Å². The largest absolute Gasteiger partial charge is 0.363 e. The van der Waals surface area contributed by atoms with E-state index in [9.17, 15) is 9.46 Å². The second-order valence-electron chi connectivity index (χ2n) is 6.83. The van der Waals surface area contributed by atoms with E-state index in [0.29, 0.717) is 6.61 Å². The lowest BCUT2D eigenvalue weighted by Crippen LogP contribution is -2.05. The molecule has 0 aliphatic carbocycles. The molecule has 1 heterocycles. The van der Waals surface area contributed by atoms with E-state index in [1.54, 1.807) is 25.2 Å². The molecule has 0 fully saturated rings. The van der Waals surface area contributed by atoms with Gasteiger partial charge in [-0.25, -0.2) is 0 Å². The zero-order chi connectivity index (χ0) is 19.0. The van der Waals surface area contributed by atoms with Gasteiger partial charge in [-0.15, -0.1) is 11.3 Å². The summed E-state index contributed by atoms with van der Waals surface area (Å²) in [6, 6.07) is 2.14. The number of hydrogen-bond acceptors (Lipinski definition) is 4. The highest BCUT2D eigenvalue weighted by Gasteiger charge is 2.21. The molecule has 0 saturated heterocycles. The Balaban J connectivity index is 2.58. The van der Waals surface area contributed by atoms with Gasteiger partial charge in [0.05, 0.1) is 12.7 Å². The van der Waals surface area contributed by atoms with Crippen LogP contribution in [0.1, 0.15) is 62.8 Å². The van der Waals surface area contributed by atoms with E-state index in [4.69, 9.17) is 9.26 Å². The first-order chi connectivity index (χ1) is 11.6. The highest BCUT2D eigenvalue weighted by Crippen LogP contribution is 2.43. The molecule has 0 spiro atoms. The van der Waals surface area contributed by atoms with Crippen molar-refractivity contribution in [1.82, 2.24) is 0 Å². The first-order valence-corrected chi connectivity index (χ1v) is 11.1. The van der Waals surface area contributed by atoms with Crippen LogP contribution in [0.5, 0.6) is 0 Å². The lowest BCUT2D eigenvalue weighted by molar-refractivity contribution is 0.123. The molecular weight excluding hydrogens is 355 g/mol. The molecule has 0 aliphatic rings. The molecule has 25 heavy (non-hydrogen) atoms. The van der Waals surface area contributed by atoms with Gasteiger partial charge in [0.1, 0.15) is 6.35 Å². The molecule has 0 aromatic carbocycles. The molecule has 142 valence electrons. The molecule has 1 atom stereocenters. The minimum atomic E-state index is -3.67. The maximum atomic E-state index is 11.8. The Labute approximate surface area is 156 Å². The molecule has 1 aromatic heterocycles. The van der Waals surface area contributed by atoms with E-state index in [-0.39, 0.29) is 12.5 Å². The van der Waals surface area contributed by atoms with Crippen LogP contribution in [0.2, 0.25) is 0 Å². The fourth-order valence-corrected chi connectivity index (χ4v) is 4.46. The van der Waals surface area contributed by atoms with Crippen LogP contribution in [0.3, 0.4) is 0 Å². The Bertz CT molecular complexity index is 654. The molecule has 0 radical (unpaired) electrons. The predicted octanol–water partition coefficient (Wildman–Crippen LogP) is 6.29. The van der Waals surface area contributed by atoms with Crippen LogP contribution in [-0.2, 0) is 20.4 Å². The maximum absolute atomic E-state index is 11.8. The molecule has 1 rings (SSSR count). The summed E-state index contributed by atoms with van der Waals surface area (Å²) in [5.74, 6) is 0. The van der Waals surface area contributed by atoms with E-state index < -0.39 is 7.60 Å². The predicted molar refractivity (Wildman–Crippen MR) is 107 cm³/mol. The second kappa shape index (κ2) is 10.4. The fraction of sp³-hybridized carbons (Fsp3) is 0.579. The average molecular weight is 386 g/mol. The average Bonchev–Trinajstić information content (AvgIpc) is 2.76. The van der Waals surface area contributed by atoms with Gasteiger partial charge in [0.15, 0.2) is 0 Å². The number of hydrogen-bond donors (Lipinski definition) is 1. The molecule has 4 nitrogen and oxygen atoms in total. The number of thiophene rings is 1. The Kier molecular flexibility index (Phi) is 9.33. The van der Waals surface area contributed by atoms with Crippen molar-refractivity contribution in [2.24, 2.45) is 0 Å². The zero-order valence-corrected chi connectivity index (χ0v) is 17.9. The summed E-state index contributed by atoms with van der Waals surface area (Å²) in [6.45, 7) is 12.2. The van der Waals surface area contributed by atoms with Gasteiger partial charge in [-0.05, 0) is 72.1 Å². The van der Waals surface area contributed by atoms with Crippen molar-refractivity contribution < 1.29 is 18.7 Å². The van der Waals surface area contributed by atoms with Crippen LogP contribution in [-0.4, -0.2) is 17.3 Å². The summed E-state index contributed by atoms with van der Waals surface area (Å²) >= 11 is 1.66. The third-order valence-electron chi connectivity index (χ3n) is 3.38. The van der Waals surface area contributed by atoms with E-state index in [1.807, 2.05) is 6.92 Å². The van der Waals surface area contributed by atoms with Gasteiger partial charge in [0.25, 0.3) is 0 Å². The SMILES string of the molecule is CC(C)=CCC/C(C)=C/c1cc(C)c(COCP(=O)(O)OC(C)C)s1. The fourth-order valence-electron chi connectivity index (χ4n) is 2.28. The highest BCUT2D eigenvalue weighted by atomic mass is 32.1. The lowest BCUT2D eigenvalue weighted by Gasteiger charge is -2.14. The summed E-state index contributed by atoms with van der Waals surface area (Å²) in [6.07, 6.45) is 5.99. The summed E-state index contributed by atoms with van der Waals surface area (Å²) < 4.78 is 22.2. The molecule has 0 amide bonds. The van der Waals surface area contributed by atoms with Crippen LogP contribution in [0.4, 0.5) is 0 Å². The van der Waals surface area contributed by atoms with E-state index in [0.717, 1.165) is 23.3 Å². The van der Waals surface area contributed by atoms with Crippen LogP contribution < -0.4 is 0 Å². The van der Waals surface area contributed by atoms with Gasteiger partial charge in [0, 0.05) is 9.75 Å². The topological polar surface area (TPSA) is 55.8 Å². The first-order valence-electron chi connectivity index (χ1n) is 8.57. The third kappa shape index (κ3) is 9.53. The Morgan fingerprint density at radius 2 is 2.04 bits per heavy atom. The van der Waals surface area contributed by atoms with Crippen molar-refractivity contribution in [1.29, 1.82) is 0 Å². The summed E-state index contributed by atoms with van der Waals surface area (Å²) in [7, 11) is -3.67. The van der Waals surface area contributed by atoms with Gasteiger partial charge in [-0.2, -0.15) is 0 Å². The third-order valence-corrected chi connectivity index (χ3v) is 5.80. The van der Waals surface area contributed by atoms with E-state index in [1.165, 1.54) is 16.0 Å². The molecule has 1 aromatic rings. The zero-order valence-electron chi connectivity index (χ0n) is 16.2. The molecule has 1 N–H and O–H groups in total. The van der Waals surface area contributed by atoms with Gasteiger partial charge in [0.2, 0.25) is 0 Å². The molecule has 1 unspecified atom stereocenters. The van der Waals surface area contributed by atoms with E-state index >= 15 is 0 Å². The Morgan fingerprint density at radius 1 is 1.36 bits per heavy atom. The van der Waals surface area contributed by atoms with Crippen LogP contribution in [0, 0.1) is 6.92 Å². The lowest BCUT2D eigenvalue weighted by atomic mass is 10.1. The summed E-state index contributed by atoms with van der Waals surface area (Å²) in [5.41, 5.74) is 3.84. The number of aryl methyl sites for hydroxylation is 1. The monoisotopic (exact) mass is 386 g/mol. The van der Waals surface area contributed by atoms with Crippen molar-refractivity contribution in [2.45, 2.75) is 67.1 Å². The molecule has 0 bridgehead atoms. The maximum Gasteiger partial charge on any atom is 0.353 e. The normalized spacial score (nSPS) is 14.6. The standard InChI is InChI=1S/C19H31O4PS/c1-14(2)8-7-9-16(5)10-18-11-17(6)19(25-18)12-22-13-24(20,21)23-15(3)4/h8,10-11,15H,7,9,12-13H2,1-6H3,(H,20,21)/b16-10+. The van der Waals surface area contributed by atoms with Crippen LogP contribution in [0.15, 0.2) is 23.3 Å². The Morgan fingerprint density at radius 3 is 2.64 bits per heavy atom. The summed E-state index contributed by atoms with van der Waals surface area (Å²) in [4.78, 5) is 11.9. The highest BCUT2D eigenvalue weighted by molar-refractivity contribution is 7.52. The number of allylic oxidation sites excluding steroid dienone is 3. The first kappa shape index (κ1) is 22.3. The molecule has 0 saturated carbocycles. The smallest absolute Gasteiger partial charge is 0.353 e. The summed E-state index contributed by atoms with van der Waals surface area (Å²) in [5, 5.41) is 0. The van der Waals surface area contributed by atoms with Gasteiger partial charge < -0.3 is 14.2 Å². The van der Waals surface area contributed by atoms with Crippen molar-refractivity contribution in [3.8, 4) is 0 Å². The number of ether oxygens (including phenoxy) is 1. The Hall–Kier alpha value is -0.710. The number of rotatable bonds is 10. The molecule has 6 heteroatoms. The second-order valence-corrected chi connectivity index (χ2v) is 9.75. The molecule has 0 aliphatic heterocycles. The molecular formula is C19H31O4PS. The minimum Gasteiger partial charge on any atom is -0.363 e.